The van der Waals surface area contributed by atoms with Crippen molar-refractivity contribution < 1.29 is 0 Å². The molecule has 0 atom stereocenters. The Labute approximate surface area is 113 Å². The lowest BCUT2D eigenvalue weighted by atomic mass is 10.1. The van der Waals surface area contributed by atoms with Crippen molar-refractivity contribution in [2.45, 2.75) is 25.7 Å². The van der Waals surface area contributed by atoms with Crippen LogP contribution in [-0.2, 0) is 0 Å². The topological polar surface area (TPSA) is 80.5 Å². The van der Waals surface area contributed by atoms with Gasteiger partial charge < -0.3 is 5.73 Å². The summed E-state index contributed by atoms with van der Waals surface area (Å²) in [6, 6.07) is 4.14. The van der Waals surface area contributed by atoms with E-state index in [-0.39, 0.29) is 0 Å². The molecule has 2 heterocycles. The smallest absolute Gasteiger partial charge is 0.181 e. The molecule has 0 amide bonds. The number of fused-ring (bicyclic) bond motifs is 1. The first-order chi connectivity index (χ1) is 9.20. The first kappa shape index (κ1) is 10.9. The van der Waals surface area contributed by atoms with E-state index in [0.29, 0.717) is 11.0 Å². The molecular formula is C13H13N5S. The van der Waals surface area contributed by atoms with Crippen LogP contribution >= 0.6 is 11.3 Å². The summed E-state index contributed by atoms with van der Waals surface area (Å²) >= 11 is 1.50. The molecule has 0 saturated heterocycles. The Hall–Kier alpha value is -1.95. The van der Waals surface area contributed by atoms with Crippen LogP contribution in [0.25, 0.3) is 21.6 Å². The van der Waals surface area contributed by atoms with Gasteiger partial charge in [0.15, 0.2) is 11.0 Å². The number of benzene rings is 1. The number of H-pyrrole nitrogens is 1. The average molecular weight is 271 g/mol. The van der Waals surface area contributed by atoms with Crippen molar-refractivity contribution in [3.8, 4) is 11.4 Å². The van der Waals surface area contributed by atoms with Gasteiger partial charge in [-0.3, -0.25) is 5.10 Å². The first-order valence-corrected chi connectivity index (χ1v) is 7.11. The van der Waals surface area contributed by atoms with E-state index in [1.165, 1.54) is 24.2 Å². The summed E-state index contributed by atoms with van der Waals surface area (Å²) in [6.07, 6.45) is 2.44. The van der Waals surface area contributed by atoms with Crippen LogP contribution < -0.4 is 5.73 Å². The SMILES string of the molecule is Cc1cc(-c2n[nH]c(C3CC3)n2)cc2sc(N)nc12. The molecule has 3 N–H and O–H groups in total. The second-order valence-corrected chi connectivity index (χ2v) is 6.07. The molecular weight excluding hydrogens is 258 g/mol. The lowest BCUT2D eigenvalue weighted by molar-refractivity contribution is 0.935. The third kappa shape index (κ3) is 1.79. The van der Waals surface area contributed by atoms with Gasteiger partial charge in [0.1, 0.15) is 5.82 Å². The van der Waals surface area contributed by atoms with Crippen molar-refractivity contribution in [1.29, 1.82) is 0 Å². The van der Waals surface area contributed by atoms with Crippen molar-refractivity contribution >= 4 is 26.7 Å². The molecule has 0 bridgehead atoms. The number of aromatic amines is 1. The predicted molar refractivity (Wildman–Crippen MR) is 76.1 cm³/mol. The number of hydrogen-bond donors (Lipinski definition) is 2. The van der Waals surface area contributed by atoms with Gasteiger partial charge in [0.05, 0.1) is 10.2 Å². The number of hydrogen-bond acceptors (Lipinski definition) is 5. The van der Waals surface area contributed by atoms with E-state index < -0.39 is 0 Å². The first-order valence-electron chi connectivity index (χ1n) is 6.30. The fraction of sp³-hybridized carbons (Fsp3) is 0.308. The minimum absolute atomic E-state index is 0.588. The maximum atomic E-state index is 5.77. The molecule has 1 fully saturated rings. The Morgan fingerprint density at radius 3 is 2.95 bits per heavy atom. The molecule has 4 rings (SSSR count). The Bertz CT molecular complexity index is 769. The molecule has 0 spiro atoms. The van der Waals surface area contributed by atoms with Crippen LogP contribution in [0.15, 0.2) is 12.1 Å². The Morgan fingerprint density at radius 2 is 2.16 bits per heavy atom. The van der Waals surface area contributed by atoms with E-state index in [1.54, 1.807) is 0 Å². The van der Waals surface area contributed by atoms with E-state index >= 15 is 0 Å². The molecule has 5 nitrogen and oxygen atoms in total. The number of aryl methyl sites for hydroxylation is 1. The molecule has 3 aromatic rings. The van der Waals surface area contributed by atoms with Gasteiger partial charge in [-0.2, -0.15) is 5.10 Å². The number of nitrogens with one attached hydrogen (secondary N) is 1. The van der Waals surface area contributed by atoms with Gasteiger partial charge in [-0.15, -0.1) is 0 Å². The molecule has 1 aliphatic rings. The highest BCUT2D eigenvalue weighted by Gasteiger charge is 2.27. The standard InChI is InChI=1S/C13H13N5S/c1-6-4-8(5-9-10(6)15-13(14)19-9)12-16-11(17-18-12)7-2-3-7/h4-5,7H,2-3H2,1H3,(H2,14,15)(H,16,17,18). The van der Waals surface area contributed by atoms with Gasteiger partial charge in [0, 0.05) is 11.5 Å². The maximum absolute atomic E-state index is 5.77. The summed E-state index contributed by atoms with van der Waals surface area (Å²) in [7, 11) is 0. The quantitative estimate of drug-likeness (QED) is 0.751. The molecule has 1 saturated carbocycles. The van der Waals surface area contributed by atoms with Gasteiger partial charge in [-0.05, 0) is 37.5 Å². The molecule has 2 aromatic heterocycles. The Balaban J connectivity index is 1.84. The summed E-state index contributed by atoms with van der Waals surface area (Å²) < 4.78 is 1.09. The fourth-order valence-corrected chi connectivity index (χ4v) is 3.14. The highest BCUT2D eigenvalue weighted by Crippen LogP contribution is 2.38. The van der Waals surface area contributed by atoms with Crippen molar-refractivity contribution in [2.75, 3.05) is 5.73 Å². The second-order valence-electron chi connectivity index (χ2n) is 5.01. The largest absolute Gasteiger partial charge is 0.375 e. The van der Waals surface area contributed by atoms with E-state index in [9.17, 15) is 0 Å². The molecule has 0 unspecified atom stereocenters. The minimum Gasteiger partial charge on any atom is -0.375 e. The van der Waals surface area contributed by atoms with Crippen LogP contribution in [0, 0.1) is 6.92 Å². The minimum atomic E-state index is 0.588. The zero-order valence-electron chi connectivity index (χ0n) is 10.5. The summed E-state index contributed by atoms with van der Waals surface area (Å²) in [4.78, 5) is 8.92. The third-order valence-corrected chi connectivity index (χ3v) is 4.26. The van der Waals surface area contributed by atoms with Crippen molar-refractivity contribution in [1.82, 2.24) is 20.2 Å². The van der Waals surface area contributed by atoms with E-state index in [2.05, 4.69) is 32.3 Å². The molecule has 1 aliphatic carbocycles. The van der Waals surface area contributed by atoms with Gasteiger partial charge in [-0.1, -0.05) is 11.3 Å². The van der Waals surface area contributed by atoms with E-state index in [4.69, 9.17) is 5.73 Å². The highest BCUT2D eigenvalue weighted by atomic mass is 32.1. The third-order valence-electron chi connectivity index (χ3n) is 3.43. The van der Waals surface area contributed by atoms with Crippen LogP contribution in [0.4, 0.5) is 5.13 Å². The zero-order chi connectivity index (χ0) is 13.0. The summed E-state index contributed by atoms with van der Waals surface area (Å²) in [5.74, 6) is 2.36. The van der Waals surface area contributed by atoms with Crippen molar-refractivity contribution in [3.05, 3.63) is 23.5 Å². The maximum Gasteiger partial charge on any atom is 0.181 e. The van der Waals surface area contributed by atoms with Crippen LogP contribution in [0.1, 0.15) is 30.1 Å². The van der Waals surface area contributed by atoms with Gasteiger partial charge in [0.2, 0.25) is 0 Å². The number of aromatic nitrogens is 4. The summed E-state index contributed by atoms with van der Waals surface area (Å²) in [6.45, 7) is 2.04. The van der Waals surface area contributed by atoms with Crippen molar-refractivity contribution in [2.24, 2.45) is 0 Å². The van der Waals surface area contributed by atoms with Gasteiger partial charge in [-0.25, -0.2) is 9.97 Å². The van der Waals surface area contributed by atoms with E-state index in [0.717, 1.165) is 33.0 Å². The lowest BCUT2D eigenvalue weighted by Gasteiger charge is -1.99. The number of rotatable bonds is 2. The van der Waals surface area contributed by atoms with Crippen molar-refractivity contribution in [3.63, 3.8) is 0 Å². The predicted octanol–water partition coefficient (Wildman–Crippen LogP) is 2.85. The lowest BCUT2D eigenvalue weighted by Crippen LogP contribution is -1.85. The van der Waals surface area contributed by atoms with Crippen LogP contribution in [-0.4, -0.2) is 20.2 Å². The Kier molecular flexibility index (Phi) is 2.17. The summed E-state index contributed by atoms with van der Waals surface area (Å²) in [5.41, 5.74) is 8.88. The van der Waals surface area contributed by atoms with Crippen LogP contribution in [0.3, 0.4) is 0 Å². The molecule has 0 aliphatic heterocycles. The molecule has 1 aromatic carbocycles. The van der Waals surface area contributed by atoms with Gasteiger partial charge in [0.25, 0.3) is 0 Å². The number of nitrogens with two attached hydrogens (primary N) is 1. The van der Waals surface area contributed by atoms with Crippen LogP contribution in [0.5, 0.6) is 0 Å². The molecule has 19 heavy (non-hydrogen) atoms. The molecule has 0 radical (unpaired) electrons. The number of nitrogens with zero attached hydrogens (tertiary/aromatic N) is 3. The highest BCUT2D eigenvalue weighted by molar-refractivity contribution is 7.22. The molecule has 6 heteroatoms. The van der Waals surface area contributed by atoms with E-state index in [1.807, 2.05) is 6.92 Å². The van der Waals surface area contributed by atoms with Gasteiger partial charge >= 0.3 is 0 Å². The Morgan fingerprint density at radius 1 is 1.32 bits per heavy atom. The monoisotopic (exact) mass is 271 g/mol. The number of anilines is 1. The summed E-state index contributed by atoms with van der Waals surface area (Å²) in [5, 5.41) is 7.96. The van der Waals surface area contributed by atoms with Crippen LogP contribution in [0.2, 0.25) is 0 Å². The normalized spacial score (nSPS) is 15.2. The second kappa shape index (κ2) is 3.77. The molecule has 96 valence electrons. The number of nitrogen functional groups attached to an aromatic ring is 1. The number of thiazole rings is 1. The fourth-order valence-electron chi connectivity index (χ4n) is 2.29. The zero-order valence-corrected chi connectivity index (χ0v) is 11.3. The average Bonchev–Trinajstić information content (AvgIpc) is 2.98.